The average molecular weight is 265 g/mol. The van der Waals surface area contributed by atoms with Crippen LogP contribution in [0.3, 0.4) is 0 Å². The summed E-state index contributed by atoms with van der Waals surface area (Å²) in [5.74, 6) is 1.27. The van der Waals surface area contributed by atoms with Crippen molar-refractivity contribution in [3.8, 4) is 0 Å². The fraction of sp³-hybridized carbons (Fsp3) is 0.583. The van der Waals surface area contributed by atoms with Crippen molar-refractivity contribution in [1.29, 1.82) is 0 Å². The van der Waals surface area contributed by atoms with Crippen LogP contribution in [0.4, 0.5) is 0 Å². The molecule has 0 aliphatic heterocycles. The van der Waals surface area contributed by atoms with E-state index in [9.17, 15) is 0 Å². The molecule has 2 aromatic rings. The molecule has 1 N–H and O–H groups in total. The molecule has 2 aromatic heterocycles. The lowest BCUT2D eigenvalue weighted by atomic mass is 10.3. The maximum absolute atomic E-state index is 5.15. The third-order valence-corrected chi connectivity index (χ3v) is 2.66. The molecule has 1 atom stereocenters. The summed E-state index contributed by atoms with van der Waals surface area (Å²) < 4.78 is 12.0. The molecule has 0 aromatic carbocycles. The van der Waals surface area contributed by atoms with E-state index in [2.05, 4.69) is 27.5 Å². The number of ether oxygens (including phenoxy) is 1. The molecular formula is C12H19N5O2. The first kappa shape index (κ1) is 13.7. The zero-order chi connectivity index (χ0) is 13.5. The number of aromatic nitrogens is 4. The van der Waals surface area contributed by atoms with Gasteiger partial charge < -0.3 is 14.6 Å². The summed E-state index contributed by atoms with van der Waals surface area (Å²) >= 11 is 0. The van der Waals surface area contributed by atoms with Crippen LogP contribution in [0.2, 0.25) is 0 Å². The van der Waals surface area contributed by atoms with E-state index < -0.39 is 0 Å². The topological polar surface area (TPSA) is 78.0 Å². The van der Waals surface area contributed by atoms with Crippen molar-refractivity contribution < 1.29 is 9.26 Å². The van der Waals surface area contributed by atoms with Crippen molar-refractivity contribution >= 4 is 0 Å². The molecular weight excluding hydrogens is 246 g/mol. The Morgan fingerprint density at radius 2 is 2.42 bits per heavy atom. The van der Waals surface area contributed by atoms with E-state index in [4.69, 9.17) is 9.26 Å². The van der Waals surface area contributed by atoms with Gasteiger partial charge in [0, 0.05) is 32.0 Å². The van der Waals surface area contributed by atoms with Gasteiger partial charge in [0.1, 0.15) is 0 Å². The number of hydrogen-bond donors (Lipinski definition) is 1. The molecule has 104 valence electrons. The molecule has 0 amide bonds. The highest BCUT2D eigenvalue weighted by atomic mass is 16.5. The van der Waals surface area contributed by atoms with E-state index in [1.54, 1.807) is 13.3 Å². The van der Waals surface area contributed by atoms with Crippen molar-refractivity contribution in [1.82, 2.24) is 25.2 Å². The standard InChI is InChI=1S/C12H19N5O2/c1-10(9-17-6-3-5-14-17)13-8-12-15-11(16-19-12)4-7-18-2/h3,5-6,10,13H,4,7-9H2,1-2H3. The highest BCUT2D eigenvalue weighted by Crippen LogP contribution is 1.99. The van der Waals surface area contributed by atoms with E-state index in [1.165, 1.54) is 0 Å². The number of methoxy groups -OCH3 is 1. The van der Waals surface area contributed by atoms with Gasteiger partial charge in [-0.25, -0.2) is 0 Å². The molecule has 0 bridgehead atoms. The second-order valence-electron chi connectivity index (χ2n) is 4.36. The van der Waals surface area contributed by atoms with Crippen LogP contribution < -0.4 is 5.32 Å². The minimum atomic E-state index is 0.272. The van der Waals surface area contributed by atoms with Crippen LogP contribution in [0.1, 0.15) is 18.6 Å². The molecule has 0 aliphatic carbocycles. The first-order valence-corrected chi connectivity index (χ1v) is 6.29. The molecule has 0 radical (unpaired) electrons. The lowest BCUT2D eigenvalue weighted by molar-refractivity contribution is 0.199. The zero-order valence-electron chi connectivity index (χ0n) is 11.2. The Bertz CT molecular complexity index is 468. The van der Waals surface area contributed by atoms with Crippen LogP contribution in [-0.4, -0.2) is 39.7 Å². The Labute approximate surface area is 111 Å². The van der Waals surface area contributed by atoms with Crippen molar-refractivity contribution in [3.63, 3.8) is 0 Å². The van der Waals surface area contributed by atoms with Gasteiger partial charge >= 0.3 is 0 Å². The van der Waals surface area contributed by atoms with Crippen LogP contribution in [0.15, 0.2) is 23.0 Å². The van der Waals surface area contributed by atoms with Crippen LogP contribution in [0.5, 0.6) is 0 Å². The molecule has 0 saturated heterocycles. The summed E-state index contributed by atoms with van der Waals surface area (Å²) in [5, 5.41) is 11.4. The van der Waals surface area contributed by atoms with Crippen molar-refractivity contribution in [2.24, 2.45) is 0 Å². The van der Waals surface area contributed by atoms with Crippen LogP contribution in [0.25, 0.3) is 0 Å². The summed E-state index contributed by atoms with van der Waals surface area (Å²) in [7, 11) is 1.65. The maximum Gasteiger partial charge on any atom is 0.240 e. The summed E-state index contributed by atoms with van der Waals surface area (Å²) in [5.41, 5.74) is 0. The summed E-state index contributed by atoms with van der Waals surface area (Å²) in [6, 6.07) is 2.18. The first-order chi connectivity index (χ1) is 9.28. The average Bonchev–Trinajstić information content (AvgIpc) is 3.05. The van der Waals surface area contributed by atoms with Gasteiger partial charge in [-0.1, -0.05) is 5.16 Å². The largest absolute Gasteiger partial charge is 0.384 e. The Morgan fingerprint density at radius 3 is 3.16 bits per heavy atom. The number of hydrogen-bond acceptors (Lipinski definition) is 6. The van der Waals surface area contributed by atoms with Crippen molar-refractivity contribution in [3.05, 3.63) is 30.2 Å². The van der Waals surface area contributed by atoms with E-state index in [-0.39, 0.29) is 6.04 Å². The SMILES string of the molecule is COCCc1noc(CNC(C)Cn2cccn2)n1. The lowest BCUT2D eigenvalue weighted by Gasteiger charge is -2.11. The van der Waals surface area contributed by atoms with Gasteiger partial charge in [-0.2, -0.15) is 10.1 Å². The van der Waals surface area contributed by atoms with Gasteiger partial charge in [-0.15, -0.1) is 0 Å². The predicted molar refractivity (Wildman–Crippen MR) is 68.4 cm³/mol. The summed E-state index contributed by atoms with van der Waals surface area (Å²) in [6.45, 7) is 4.05. The predicted octanol–water partition coefficient (Wildman–Crippen LogP) is 0.633. The Kier molecular flexibility index (Phi) is 5.05. The molecule has 7 nitrogen and oxygen atoms in total. The Hall–Kier alpha value is -1.73. The quantitative estimate of drug-likeness (QED) is 0.754. The van der Waals surface area contributed by atoms with Gasteiger partial charge in [-0.3, -0.25) is 4.68 Å². The van der Waals surface area contributed by atoms with E-state index in [0.717, 1.165) is 6.54 Å². The zero-order valence-corrected chi connectivity index (χ0v) is 11.2. The lowest BCUT2D eigenvalue weighted by Crippen LogP contribution is -2.30. The molecule has 0 saturated carbocycles. The number of nitrogens with zero attached hydrogens (tertiary/aromatic N) is 4. The molecule has 2 heterocycles. The number of rotatable bonds is 8. The van der Waals surface area contributed by atoms with Crippen molar-refractivity contribution in [2.45, 2.75) is 32.5 Å². The van der Waals surface area contributed by atoms with E-state index in [0.29, 0.717) is 31.3 Å². The Balaban J connectivity index is 1.73. The van der Waals surface area contributed by atoms with Gasteiger partial charge in [-0.05, 0) is 13.0 Å². The maximum atomic E-state index is 5.15. The molecule has 0 spiro atoms. The third kappa shape index (κ3) is 4.46. The second-order valence-corrected chi connectivity index (χ2v) is 4.36. The van der Waals surface area contributed by atoms with Crippen LogP contribution >= 0.6 is 0 Å². The highest BCUT2D eigenvalue weighted by Gasteiger charge is 2.08. The second kappa shape index (κ2) is 7.01. The summed E-state index contributed by atoms with van der Waals surface area (Å²) in [6.07, 6.45) is 4.38. The fourth-order valence-corrected chi connectivity index (χ4v) is 1.67. The smallest absolute Gasteiger partial charge is 0.240 e. The minimum absolute atomic E-state index is 0.272. The molecule has 19 heavy (non-hydrogen) atoms. The molecule has 0 fully saturated rings. The third-order valence-electron chi connectivity index (χ3n) is 2.66. The summed E-state index contributed by atoms with van der Waals surface area (Å²) in [4.78, 5) is 4.27. The van der Waals surface area contributed by atoms with Gasteiger partial charge in [0.25, 0.3) is 0 Å². The van der Waals surface area contributed by atoms with Gasteiger partial charge in [0.05, 0.1) is 19.7 Å². The van der Waals surface area contributed by atoms with Crippen molar-refractivity contribution in [2.75, 3.05) is 13.7 Å². The fourth-order valence-electron chi connectivity index (χ4n) is 1.67. The van der Waals surface area contributed by atoms with E-state index >= 15 is 0 Å². The van der Waals surface area contributed by atoms with Gasteiger partial charge in [0.2, 0.25) is 5.89 Å². The number of nitrogens with one attached hydrogen (secondary N) is 1. The minimum Gasteiger partial charge on any atom is -0.384 e. The normalized spacial score (nSPS) is 12.7. The molecule has 1 unspecified atom stereocenters. The van der Waals surface area contributed by atoms with E-state index in [1.807, 2.05) is 16.9 Å². The molecule has 7 heteroatoms. The van der Waals surface area contributed by atoms with Crippen LogP contribution in [-0.2, 0) is 24.2 Å². The molecule has 2 rings (SSSR count). The monoisotopic (exact) mass is 265 g/mol. The first-order valence-electron chi connectivity index (χ1n) is 6.29. The highest BCUT2D eigenvalue weighted by molar-refractivity contribution is 4.86. The molecule has 0 aliphatic rings. The Morgan fingerprint density at radius 1 is 1.53 bits per heavy atom. The van der Waals surface area contributed by atoms with Crippen LogP contribution in [0, 0.1) is 0 Å². The van der Waals surface area contributed by atoms with Gasteiger partial charge in [0.15, 0.2) is 5.82 Å².